The SMILES string of the molecule is OC1(O)CCCCC(O)(C2CCCCC2)C1(O)O. The minimum absolute atomic E-state index is 0.130. The zero-order chi connectivity index (χ0) is 13.4. The molecule has 0 spiro atoms. The summed E-state index contributed by atoms with van der Waals surface area (Å²) in [7, 11) is 0. The fourth-order valence-corrected chi connectivity index (χ4v) is 3.53. The molecule has 2 fully saturated rings. The average Bonchev–Trinajstić information content (AvgIpc) is 2.41. The summed E-state index contributed by atoms with van der Waals surface area (Å²) >= 11 is 0. The molecule has 1 unspecified atom stereocenters. The standard InChI is InChI=1S/C13H24O5/c14-11(10-6-2-1-3-7-10)8-4-5-9-12(15,16)13(11,17)18/h10,14-18H,1-9H2. The minimum atomic E-state index is -2.86. The van der Waals surface area contributed by atoms with Gasteiger partial charge in [-0.15, -0.1) is 0 Å². The summed E-state index contributed by atoms with van der Waals surface area (Å²) in [6.45, 7) is 0. The minimum Gasteiger partial charge on any atom is -0.384 e. The van der Waals surface area contributed by atoms with Gasteiger partial charge in [0, 0.05) is 6.42 Å². The molecule has 106 valence electrons. The van der Waals surface area contributed by atoms with Gasteiger partial charge in [0.25, 0.3) is 0 Å². The highest BCUT2D eigenvalue weighted by atomic mass is 16.6. The van der Waals surface area contributed by atoms with Gasteiger partial charge < -0.3 is 25.5 Å². The van der Waals surface area contributed by atoms with Crippen molar-refractivity contribution < 1.29 is 25.5 Å². The summed E-state index contributed by atoms with van der Waals surface area (Å²) in [6, 6.07) is 0. The Morgan fingerprint density at radius 2 is 1.22 bits per heavy atom. The summed E-state index contributed by atoms with van der Waals surface area (Å²) in [5, 5.41) is 50.7. The fraction of sp³-hybridized carbons (Fsp3) is 1.00. The Hall–Kier alpha value is -0.200. The van der Waals surface area contributed by atoms with E-state index in [1.165, 1.54) is 0 Å². The third-order valence-electron chi connectivity index (χ3n) is 4.78. The van der Waals surface area contributed by atoms with Gasteiger partial charge in [-0.25, -0.2) is 0 Å². The van der Waals surface area contributed by atoms with Crippen LogP contribution in [0.15, 0.2) is 0 Å². The fourth-order valence-electron chi connectivity index (χ4n) is 3.53. The van der Waals surface area contributed by atoms with Gasteiger partial charge in [-0.05, 0) is 31.6 Å². The van der Waals surface area contributed by atoms with E-state index in [0.29, 0.717) is 25.7 Å². The maximum atomic E-state index is 10.7. The summed E-state index contributed by atoms with van der Waals surface area (Å²) in [4.78, 5) is 0. The van der Waals surface area contributed by atoms with Gasteiger partial charge in [-0.1, -0.05) is 25.7 Å². The maximum Gasteiger partial charge on any atom is 0.248 e. The van der Waals surface area contributed by atoms with Crippen molar-refractivity contribution in [3.05, 3.63) is 0 Å². The molecule has 0 bridgehead atoms. The van der Waals surface area contributed by atoms with Crippen LogP contribution in [0.25, 0.3) is 0 Å². The van der Waals surface area contributed by atoms with E-state index in [1.807, 2.05) is 0 Å². The van der Waals surface area contributed by atoms with Gasteiger partial charge in [0.1, 0.15) is 5.60 Å². The van der Waals surface area contributed by atoms with Crippen molar-refractivity contribution in [3.63, 3.8) is 0 Å². The Bertz CT molecular complexity index is 296. The van der Waals surface area contributed by atoms with Crippen LogP contribution < -0.4 is 0 Å². The second-order valence-electron chi connectivity index (χ2n) is 5.96. The van der Waals surface area contributed by atoms with Gasteiger partial charge in [0.15, 0.2) is 0 Å². The molecular formula is C13H24O5. The largest absolute Gasteiger partial charge is 0.384 e. The molecule has 0 radical (unpaired) electrons. The second-order valence-corrected chi connectivity index (χ2v) is 5.96. The molecule has 0 amide bonds. The first-order valence-electron chi connectivity index (χ1n) is 6.93. The highest BCUT2D eigenvalue weighted by Gasteiger charge is 2.64. The van der Waals surface area contributed by atoms with Crippen LogP contribution in [0.4, 0.5) is 0 Å². The molecule has 0 aromatic rings. The van der Waals surface area contributed by atoms with Gasteiger partial charge in [-0.3, -0.25) is 0 Å². The van der Waals surface area contributed by atoms with Crippen molar-refractivity contribution >= 4 is 0 Å². The van der Waals surface area contributed by atoms with Gasteiger partial charge >= 0.3 is 0 Å². The molecule has 0 saturated heterocycles. The summed E-state index contributed by atoms with van der Waals surface area (Å²) in [5.41, 5.74) is -1.83. The first-order chi connectivity index (χ1) is 8.31. The van der Waals surface area contributed by atoms with Crippen molar-refractivity contribution in [2.45, 2.75) is 75.0 Å². The Morgan fingerprint density at radius 1 is 0.667 bits per heavy atom. The van der Waals surface area contributed by atoms with E-state index in [4.69, 9.17) is 0 Å². The van der Waals surface area contributed by atoms with E-state index >= 15 is 0 Å². The normalized spacial score (nSPS) is 37.2. The zero-order valence-corrected chi connectivity index (χ0v) is 10.7. The molecule has 2 aliphatic rings. The van der Waals surface area contributed by atoms with E-state index in [0.717, 1.165) is 19.3 Å². The summed E-state index contributed by atoms with van der Waals surface area (Å²) in [6.07, 6.45) is 5.47. The Labute approximate surface area is 107 Å². The lowest BCUT2D eigenvalue weighted by atomic mass is 9.69. The van der Waals surface area contributed by atoms with E-state index in [1.54, 1.807) is 0 Å². The number of hydrogen-bond acceptors (Lipinski definition) is 5. The number of rotatable bonds is 1. The zero-order valence-electron chi connectivity index (χ0n) is 10.7. The van der Waals surface area contributed by atoms with Crippen LogP contribution in [0, 0.1) is 5.92 Å². The topological polar surface area (TPSA) is 101 Å². The summed E-state index contributed by atoms with van der Waals surface area (Å²) < 4.78 is 0. The van der Waals surface area contributed by atoms with Crippen LogP contribution in [0.2, 0.25) is 0 Å². The van der Waals surface area contributed by atoms with Crippen LogP contribution in [-0.4, -0.2) is 42.7 Å². The van der Waals surface area contributed by atoms with E-state index in [2.05, 4.69) is 0 Å². The lowest BCUT2D eigenvalue weighted by molar-refractivity contribution is -0.416. The van der Waals surface area contributed by atoms with Crippen LogP contribution >= 0.6 is 0 Å². The third kappa shape index (κ3) is 2.08. The predicted octanol–water partition coefficient (Wildman–Crippen LogP) is 0.234. The summed E-state index contributed by atoms with van der Waals surface area (Å²) in [5.74, 6) is -5.79. The molecule has 0 aromatic heterocycles. The lowest BCUT2D eigenvalue weighted by Gasteiger charge is -2.49. The Morgan fingerprint density at radius 3 is 1.83 bits per heavy atom. The van der Waals surface area contributed by atoms with Crippen molar-refractivity contribution in [1.82, 2.24) is 0 Å². The molecule has 5 nitrogen and oxygen atoms in total. The van der Waals surface area contributed by atoms with Crippen molar-refractivity contribution in [1.29, 1.82) is 0 Å². The molecule has 0 heterocycles. The first kappa shape index (κ1) is 14.2. The molecule has 5 N–H and O–H groups in total. The molecule has 2 saturated carbocycles. The van der Waals surface area contributed by atoms with Crippen molar-refractivity contribution in [2.75, 3.05) is 0 Å². The van der Waals surface area contributed by atoms with Crippen LogP contribution in [-0.2, 0) is 0 Å². The molecule has 2 rings (SSSR count). The average molecular weight is 260 g/mol. The first-order valence-corrected chi connectivity index (χ1v) is 6.93. The van der Waals surface area contributed by atoms with Crippen LogP contribution in [0.1, 0.15) is 57.8 Å². The Balaban J connectivity index is 2.31. The van der Waals surface area contributed by atoms with Crippen LogP contribution in [0.5, 0.6) is 0 Å². The molecule has 2 aliphatic carbocycles. The molecule has 5 heteroatoms. The van der Waals surface area contributed by atoms with Gasteiger partial charge in [0.2, 0.25) is 11.6 Å². The quantitative estimate of drug-likeness (QED) is 0.343. The van der Waals surface area contributed by atoms with Crippen LogP contribution in [0.3, 0.4) is 0 Å². The van der Waals surface area contributed by atoms with Gasteiger partial charge in [0.05, 0.1) is 0 Å². The second kappa shape index (κ2) is 4.72. The monoisotopic (exact) mass is 260 g/mol. The highest BCUT2D eigenvalue weighted by molar-refractivity contribution is 5.05. The van der Waals surface area contributed by atoms with Crippen molar-refractivity contribution in [3.8, 4) is 0 Å². The molecular weight excluding hydrogens is 236 g/mol. The molecule has 0 aromatic carbocycles. The lowest BCUT2D eigenvalue weighted by Crippen LogP contribution is -2.69. The molecule has 0 aliphatic heterocycles. The molecule has 1 atom stereocenters. The smallest absolute Gasteiger partial charge is 0.248 e. The van der Waals surface area contributed by atoms with Crippen molar-refractivity contribution in [2.24, 2.45) is 5.92 Å². The maximum absolute atomic E-state index is 10.7. The molecule has 18 heavy (non-hydrogen) atoms. The predicted molar refractivity (Wildman–Crippen MR) is 64.3 cm³/mol. The number of hydrogen-bond donors (Lipinski definition) is 5. The highest BCUT2D eigenvalue weighted by Crippen LogP contribution is 2.47. The van der Waals surface area contributed by atoms with E-state index in [9.17, 15) is 25.5 Å². The van der Waals surface area contributed by atoms with Gasteiger partial charge in [-0.2, -0.15) is 0 Å². The third-order valence-corrected chi connectivity index (χ3v) is 4.78. The van der Waals surface area contributed by atoms with E-state index < -0.39 is 17.2 Å². The Kier molecular flexibility index (Phi) is 3.73. The van der Waals surface area contributed by atoms with E-state index in [-0.39, 0.29) is 18.8 Å². The number of aliphatic hydroxyl groups is 5.